The van der Waals surface area contributed by atoms with Gasteiger partial charge in [0.15, 0.2) is 0 Å². The van der Waals surface area contributed by atoms with Crippen molar-refractivity contribution in [2.75, 3.05) is 13.2 Å². The number of rotatable bonds is 1. The van der Waals surface area contributed by atoms with E-state index in [0.717, 1.165) is 16.8 Å². The topological polar surface area (TPSA) is 47.3 Å². The molecule has 1 N–H and O–H groups in total. The quantitative estimate of drug-likeness (QED) is 0.798. The van der Waals surface area contributed by atoms with Crippen LogP contribution >= 0.6 is 0 Å². The molecule has 1 aromatic carbocycles. The molecule has 0 saturated carbocycles. The minimum absolute atomic E-state index is 0.0649. The number of fused-ring (bicyclic) bond motifs is 3. The lowest BCUT2D eigenvalue weighted by molar-refractivity contribution is -0.194. The molecule has 1 aromatic heterocycles. The van der Waals surface area contributed by atoms with Crippen LogP contribution < -0.4 is 0 Å². The maximum atomic E-state index is 10.5. The maximum Gasteiger partial charge on any atom is 0.136 e. The van der Waals surface area contributed by atoms with Gasteiger partial charge in [-0.15, -0.1) is 0 Å². The summed E-state index contributed by atoms with van der Waals surface area (Å²) in [4.78, 5) is 4.18. The molecule has 0 amide bonds. The number of benzene rings is 1. The molecule has 1 fully saturated rings. The highest BCUT2D eigenvalue weighted by Crippen LogP contribution is 2.46. The smallest absolute Gasteiger partial charge is 0.136 e. The summed E-state index contributed by atoms with van der Waals surface area (Å²) >= 11 is 0. The summed E-state index contributed by atoms with van der Waals surface area (Å²) in [6, 6.07) is 8.11. The fourth-order valence-electron chi connectivity index (χ4n) is 2.85. The Morgan fingerprint density at radius 2 is 2.18 bits per heavy atom. The van der Waals surface area contributed by atoms with E-state index in [1.54, 1.807) is 6.33 Å². The monoisotopic (exact) mass is 228 g/mol. The van der Waals surface area contributed by atoms with Crippen LogP contribution in [0.4, 0.5) is 0 Å². The predicted octanol–water partition coefficient (Wildman–Crippen LogP) is 1.21. The molecule has 1 atom stereocenters. The normalized spacial score (nSPS) is 23.9. The number of hydrogen-bond acceptors (Lipinski definition) is 3. The molecule has 2 aliphatic heterocycles. The zero-order valence-electron chi connectivity index (χ0n) is 9.21. The average molecular weight is 228 g/mol. The summed E-state index contributed by atoms with van der Waals surface area (Å²) in [6.07, 6.45) is 3.64. The van der Waals surface area contributed by atoms with Gasteiger partial charge >= 0.3 is 0 Å². The molecule has 3 heterocycles. The predicted molar refractivity (Wildman–Crippen MR) is 61.6 cm³/mol. The van der Waals surface area contributed by atoms with Gasteiger partial charge in [0.1, 0.15) is 5.60 Å². The van der Waals surface area contributed by atoms with Crippen LogP contribution in [-0.2, 0) is 4.74 Å². The van der Waals surface area contributed by atoms with Crippen LogP contribution in [0.5, 0.6) is 0 Å². The highest BCUT2D eigenvalue weighted by Gasteiger charge is 2.49. The van der Waals surface area contributed by atoms with Crippen molar-refractivity contribution in [1.82, 2.24) is 9.55 Å². The van der Waals surface area contributed by atoms with E-state index in [1.807, 2.05) is 22.9 Å². The molecule has 1 saturated heterocycles. The van der Waals surface area contributed by atoms with Crippen LogP contribution in [0.1, 0.15) is 11.6 Å². The molecule has 4 heteroatoms. The number of aliphatic hydroxyl groups is 1. The summed E-state index contributed by atoms with van der Waals surface area (Å²) in [6.45, 7) is 0.785. The van der Waals surface area contributed by atoms with Crippen molar-refractivity contribution < 1.29 is 9.84 Å². The molecule has 0 spiro atoms. The molecule has 2 aliphatic rings. The third-order valence-electron chi connectivity index (χ3n) is 3.69. The zero-order valence-corrected chi connectivity index (χ0v) is 9.21. The van der Waals surface area contributed by atoms with Gasteiger partial charge in [-0.05, 0) is 5.56 Å². The van der Waals surface area contributed by atoms with Gasteiger partial charge in [-0.1, -0.05) is 24.3 Å². The van der Waals surface area contributed by atoms with E-state index in [0.29, 0.717) is 13.2 Å². The van der Waals surface area contributed by atoms with Crippen LogP contribution in [-0.4, -0.2) is 33.5 Å². The molecule has 2 aromatic rings. The maximum absolute atomic E-state index is 10.5. The largest absolute Gasteiger partial charge is 0.382 e. The second-order valence-corrected chi connectivity index (χ2v) is 4.77. The van der Waals surface area contributed by atoms with Crippen LogP contribution in [0.3, 0.4) is 0 Å². The molecular formula is C13H12N2O2. The highest BCUT2D eigenvalue weighted by molar-refractivity contribution is 5.69. The summed E-state index contributed by atoms with van der Waals surface area (Å²) in [5.74, 6) is 0. The van der Waals surface area contributed by atoms with Crippen molar-refractivity contribution >= 4 is 0 Å². The van der Waals surface area contributed by atoms with E-state index in [1.165, 1.54) is 0 Å². The first-order chi connectivity index (χ1) is 8.30. The Hall–Kier alpha value is -1.65. The van der Waals surface area contributed by atoms with Crippen LogP contribution in [0.2, 0.25) is 0 Å². The Morgan fingerprint density at radius 1 is 1.35 bits per heavy atom. The molecule has 4 rings (SSSR count). The van der Waals surface area contributed by atoms with E-state index in [-0.39, 0.29) is 6.04 Å². The van der Waals surface area contributed by atoms with Crippen molar-refractivity contribution in [3.63, 3.8) is 0 Å². The number of hydrogen-bond donors (Lipinski definition) is 1. The van der Waals surface area contributed by atoms with Crippen LogP contribution in [0.15, 0.2) is 36.8 Å². The lowest BCUT2D eigenvalue weighted by Crippen LogP contribution is -2.55. The fourth-order valence-corrected chi connectivity index (χ4v) is 2.85. The first kappa shape index (κ1) is 9.39. The van der Waals surface area contributed by atoms with E-state index in [2.05, 4.69) is 17.1 Å². The molecule has 4 nitrogen and oxygen atoms in total. The third kappa shape index (κ3) is 1.06. The summed E-state index contributed by atoms with van der Waals surface area (Å²) in [5, 5.41) is 10.5. The fraction of sp³-hybridized carbons (Fsp3) is 0.308. The lowest BCUT2D eigenvalue weighted by atomic mass is 9.87. The summed E-state index contributed by atoms with van der Waals surface area (Å²) in [7, 11) is 0. The van der Waals surface area contributed by atoms with Gasteiger partial charge in [-0.25, -0.2) is 4.98 Å². The van der Waals surface area contributed by atoms with E-state index in [9.17, 15) is 5.11 Å². The third-order valence-corrected chi connectivity index (χ3v) is 3.69. The van der Waals surface area contributed by atoms with Gasteiger partial charge in [-0.3, -0.25) is 0 Å². The summed E-state index contributed by atoms with van der Waals surface area (Å²) < 4.78 is 7.22. The Kier molecular flexibility index (Phi) is 1.64. The standard InChI is InChI=1S/C13H12N2O2/c16-13(6-17-7-13)12-10-4-2-1-3-9(10)11-5-14-8-15(11)12/h1-5,8,12,16H,6-7H2. The Balaban J connectivity index is 1.96. The van der Waals surface area contributed by atoms with Crippen molar-refractivity contribution in [3.05, 3.63) is 42.4 Å². The van der Waals surface area contributed by atoms with Crippen molar-refractivity contribution in [1.29, 1.82) is 0 Å². The Bertz CT molecular complexity index is 587. The second kappa shape index (κ2) is 2.97. The zero-order chi connectivity index (χ0) is 11.5. The Labute approximate surface area is 98.5 Å². The number of imidazole rings is 1. The van der Waals surface area contributed by atoms with Gasteiger partial charge in [0.25, 0.3) is 0 Å². The van der Waals surface area contributed by atoms with Crippen LogP contribution in [0, 0.1) is 0 Å². The van der Waals surface area contributed by atoms with Crippen molar-refractivity contribution in [3.8, 4) is 11.3 Å². The minimum Gasteiger partial charge on any atom is -0.382 e. The van der Waals surface area contributed by atoms with Gasteiger partial charge < -0.3 is 14.4 Å². The van der Waals surface area contributed by atoms with Gasteiger partial charge in [0.05, 0.1) is 37.5 Å². The highest BCUT2D eigenvalue weighted by atomic mass is 16.5. The first-order valence-corrected chi connectivity index (χ1v) is 5.71. The molecular weight excluding hydrogens is 216 g/mol. The van der Waals surface area contributed by atoms with Gasteiger partial charge in [0, 0.05) is 5.56 Å². The lowest BCUT2D eigenvalue weighted by Gasteiger charge is -2.42. The molecule has 86 valence electrons. The van der Waals surface area contributed by atoms with Crippen molar-refractivity contribution in [2.24, 2.45) is 0 Å². The minimum atomic E-state index is -0.790. The SMILES string of the molecule is OC1(C2c3ccccc3-c3cncn32)COC1. The molecule has 0 radical (unpaired) electrons. The van der Waals surface area contributed by atoms with E-state index < -0.39 is 5.60 Å². The summed E-state index contributed by atoms with van der Waals surface area (Å²) in [5.41, 5.74) is 2.61. The van der Waals surface area contributed by atoms with E-state index in [4.69, 9.17) is 4.74 Å². The number of aromatic nitrogens is 2. The van der Waals surface area contributed by atoms with Gasteiger partial charge in [-0.2, -0.15) is 0 Å². The second-order valence-electron chi connectivity index (χ2n) is 4.77. The van der Waals surface area contributed by atoms with Crippen LogP contribution in [0.25, 0.3) is 11.3 Å². The molecule has 0 bridgehead atoms. The number of nitrogens with zero attached hydrogens (tertiary/aromatic N) is 2. The molecule has 17 heavy (non-hydrogen) atoms. The van der Waals surface area contributed by atoms with Crippen molar-refractivity contribution in [2.45, 2.75) is 11.6 Å². The average Bonchev–Trinajstić information content (AvgIpc) is 2.85. The molecule has 1 unspecified atom stereocenters. The van der Waals surface area contributed by atoms with Gasteiger partial charge in [0.2, 0.25) is 0 Å². The Morgan fingerprint density at radius 3 is 2.94 bits per heavy atom. The first-order valence-electron chi connectivity index (χ1n) is 5.71. The molecule has 0 aliphatic carbocycles. The number of ether oxygens (including phenoxy) is 1. The van der Waals surface area contributed by atoms with E-state index >= 15 is 0 Å².